The Hall–Kier alpha value is -1.98. The molecule has 0 saturated carbocycles. The number of nitro benzene ring substituents is 1. The third-order valence-electron chi connectivity index (χ3n) is 2.66. The molecule has 0 bridgehead atoms. The maximum absolute atomic E-state index is 12.1. The van der Waals surface area contributed by atoms with Crippen molar-refractivity contribution in [2.45, 2.75) is 30.7 Å². The Balaban J connectivity index is 3.30. The topological polar surface area (TPSA) is 113 Å². The second-order valence-corrected chi connectivity index (χ2v) is 5.78. The maximum atomic E-state index is 12.1. The Kier molecular flexibility index (Phi) is 4.24. The van der Waals surface area contributed by atoms with Gasteiger partial charge in [0.15, 0.2) is 4.90 Å². The summed E-state index contributed by atoms with van der Waals surface area (Å²) in [6.45, 7) is 3.06. The molecule has 1 rings (SSSR count). The van der Waals surface area contributed by atoms with Crippen LogP contribution in [0.4, 0.5) is 5.69 Å². The van der Waals surface area contributed by atoms with Gasteiger partial charge in [0.1, 0.15) is 5.54 Å². The van der Waals surface area contributed by atoms with Gasteiger partial charge in [0.2, 0.25) is 10.0 Å². The minimum atomic E-state index is -4.13. The first kappa shape index (κ1) is 15.1. The number of para-hydroxylation sites is 1. The minimum absolute atomic E-state index is 0.239. The summed E-state index contributed by atoms with van der Waals surface area (Å²) in [6, 6.07) is 6.84. The normalized spacial score (nSPS) is 14.4. The van der Waals surface area contributed by atoms with Crippen molar-refractivity contribution in [2.75, 3.05) is 0 Å². The van der Waals surface area contributed by atoms with E-state index >= 15 is 0 Å². The van der Waals surface area contributed by atoms with E-state index in [9.17, 15) is 18.5 Å². The minimum Gasteiger partial charge on any atom is -0.258 e. The number of rotatable bonds is 5. The highest BCUT2D eigenvalue weighted by Gasteiger charge is 2.32. The summed E-state index contributed by atoms with van der Waals surface area (Å²) in [7, 11) is -4.13. The molecule has 8 heteroatoms. The predicted octanol–water partition coefficient (Wildman–Crippen LogP) is 1.57. The van der Waals surface area contributed by atoms with Crippen LogP contribution in [0.5, 0.6) is 0 Å². The zero-order valence-corrected chi connectivity index (χ0v) is 11.3. The average molecular weight is 283 g/mol. The Morgan fingerprint density at radius 2 is 2.05 bits per heavy atom. The first-order valence-corrected chi connectivity index (χ1v) is 6.93. The molecule has 1 atom stereocenters. The second-order valence-electron chi connectivity index (χ2n) is 4.13. The first-order valence-electron chi connectivity index (χ1n) is 5.44. The standard InChI is InChI=1S/C11H13N3O4S/c1-3-11(2,8-12)13-19(17,18)10-7-5-4-6-9(10)14(15)16/h4-7,13H,3H2,1-2H3. The van der Waals surface area contributed by atoms with Crippen LogP contribution < -0.4 is 4.72 Å². The van der Waals surface area contributed by atoms with E-state index in [4.69, 9.17) is 5.26 Å². The summed E-state index contributed by atoms with van der Waals surface area (Å²) >= 11 is 0. The van der Waals surface area contributed by atoms with Crippen LogP contribution in [0, 0.1) is 21.4 Å². The summed E-state index contributed by atoms with van der Waals surface area (Å²) in [4.78, 5) is 9.60. The van der Waals surface area contributed by atoms with Crippen molar-refractivity contribution in [3.05, 3.63) is 34.4 Å². The lowest BCUT2D eigenvalue weighted by molar-refractivity contribution is -0.387. The van der Waals surface area contributed by atoms with Gasteiger partial charge in [-0.2, -0.15) is 9.98 Å². The zero-order valence-electron chi connectivity index (χ0n) is 10.5. The van der Waals surface area contributed by atoms with Gasteiger partial charge >= 0.3 is 0 Å². The van der Waals surface area contributed by atoms with Crippen LogP contribution in [-0.4, -0.2) is 18.9 Å². The molecule has 0 amide bonds. The average Bonchev–Trinajstić information content (AvgIpc) is 2.38. The molecule has 1 N–H and O–H groups in total. The monoisotopic (exact) mass is 283 g/mol. The van der Waals surface area contributed by atoms with Gasteiger partial charge in [0, 0.05) is 6.07 Å². The van der Waals surface area contributed by atoms with Gasteiger partial charge in [-0.05, 0) is 19.4 Å². The molecule has 0 aromatic heterocycles. The molecule has 0 spiro atoms. The highest BCUT2D eigenvalue weighted by Crippen LogP contribution is 2.24. The summed E-state index contributed by atoms with van der Waals surface area (Å²) in [5.74, 6) is 0. The van der Waals surface area contributed by atoms with E-state index in [1.54, 1.807) is 6.92 Å². The molecule has 0 aliphatic heterocycles. The third-order valence-corrected chi connectivity index (χ3v) is 4.31. The molecule has 0 aliphatic carbocycles. The first-order chi connectivity index (χ1) is 8.75. The Bertz CT molecular complexity index is 636. The van der Waals surface area contributed by atoms with E-state index in [1.165, 1.54) is 19.1 Å². The van der Waals surface area contributed by atoms with Crippen LogP contribution in [-0.2, 0) is 10.0 Å². The van der Waals surface area contributed by atoms with Gasteiger partial charge in [-0.15, -0.1) is 0 Å². The molecule has 1 unspecified atom stereocenters. The van der Waals surface area contributed by atoms with E-state index < -0.39 is 31.1 Å². The SMILES string of the molecule is CCC(C)(C#N)NS(=O)(=O)c1ccccc1[N+](=O)[O-]. The highest BCUT2D eigenvalue weighted by atomic mass is 32.2. The van der Waals surface area contributed by atoms with Crippen LogP contribution in [0.2, 0.25) is 0 Å². The maximum Gasteiger partial charge on any atom is 0.289 e. The van der Waals surface area contributed by atoms with Crippen molar-refractivity contribution in [1.82, 2.24) is 4.72 Å². The lowest BCUT2D eigenvalue weighted by Crippen LogP contribution is -2.44. The van der Waals surface area contributed by atoms with Crippen molar-refractivity contribution in [1.29, 1.82) is 5.26 Å². The van der Waals surface area contributed by atoms with E-state index in [2.05, 4.69) is 4.72 Å². The summed E-state index contributed by atoms with van der Waals surface area (Å²) in [6.07, 6.45) is 0.239. The number of nitro groups is 1. The number of nitriles is 1. The Morgan fingerprint density at radius 3 is 2.53 bits per heavy atom. The van der Waals surface area contributed by atoms with Gasteiger partial charge in [0.25, 0.3) is 5.69 Å². The number of hydrogen-bond acceptors (Lipinski definition) is 5. The van der Waals surface area contributed by atoms with Gasteiger partial charge in [-0.1, -0.05) is 19.1 Å². The van der Waals surface area contributed by atoms with Crippen molar-refractivity contribution < 1.29 is 13.3 Å². The zero-order chi connectivity index (χ0) is 14.7. The molecular formula is C11H13N3O4S. The highest BCUT2D eigenvalue weighted by molar-refractivity contribution is 7.89. The fourth-order valence-corrected chi connectivity index (χ4v) is 2.93. The van der Waals surface area contributed by atoms with Crippen molar-refractivity contribution in [2.24, 2.45) is 0 Å². The van der Waals surface area contributed by atoms with Gasteiger partial charge < -0.3 is 0 Å². The third kappa shape index (κ3) is 3.27. The molecule has 0 heterocycles. The number of benzene rings is 1. The summed E-state index contributed by atoms with van der Waals surface area (Å²) in [5, 5.41) is 19.8. The fraction of sp³-hybridized carbons (Fsp3) is 0.364. The van der Waals surface area contributed by atoms with E-state index in [0.717, 1.165) is 12.1 Å². The fourth-order valence-electron chi connectivity index (χ4n) is 1.36. The molecule has 0 saturated heterocycles. The molecule has 0 fully saturated rings. The van der Waals surface area contributed by atoms with Crippen LogP contribution in [0.25, 0.3) is 0 Å². The molecule has 19 heavy (non-hydrogen) atoms. The van der Waals surface area contributed by atoms with Crippen molar-refractivity contribution >= 4 is 15.7 Å². The van der Waals surface area contributed by atoms with Crippen LogP contribution in [0.15, 0.2) is 29.2 Å². The van der Waals surface area contributed by atoms with Crippen molar-refractivity contribution in [3.63, 3.8) is 0 Å². The number of sulfonamides is 1. The quantitative estimate of drug-likeness (QED) is 0.650. The smallest absolute Gasteiger partial charge is 0.258 e. The molecule has 1 aromatic carbocycles. The molecular weight excluding hydrogens is 270 g/mol. The van der Waals surface area contributed by atoms with Crippen LogP contribution in [0.1, 0.15) is 20.3 Å². The predicted molar refractivity (Wildman–Crippen MR) is 67.7 cm³/mol. The van der Waals surface area contributed by atoms with Crippen molar-refractivity contribution in [3.8, 4) is 6.07 Å². The number of nitrogens with zero attached hydrogens (tertiary/aromatic N) is 2. The lowest BCUT2D eigenvalue weighted by Gasteiger charge is -2.20. The van der Waals surface area contributed by atoms with E-state index in [0.29, 0.717) is 0 Å². The van der Waals surface area contributed by atoms with Gasteiger partial charge in [-0.25, -0.2) is 8.42 Å². The summed E-state index contributed by atoms with van der Waals surface area (Å²) < 4.78 is 26.4. The molecule has 7 nitrogen and oxygen atoms in total. The van der Waals surface area contributed by atoms with Gasteiger partial charge in [0.05, 0.1) is 11.0 Å². The number of nitrogens with one attached hydrogen (secondary N) is 1. The summed E-state index contributed by atoms with van der Waals surface area (Å²) in [5.41, 5.74) is -1.82. The van der Waals surface area contributed by atoms with E-state index in [-0.39, 0.29) is 6.42 Å². The molecule has 1 aromatic rings. The molecule has 0 radical (unpaired) electrons. The van der Waals surface area contributed by atoms with Gasteiger partial charge in [-0.3, -0.25) is 10.1 Å². The molecule has 102 valence electrons. The lowest BCUT2D eigenvalue weighted by atomic mass is 10.0. The van der Waals surface area contributed by atoms with Crippen LogP contribution in [0.3, 0.4) is 0 Å². The second kappa shape index (κ2) is 5.34. The Labute approximate surface area is 111 Å². The van der Waals surface area contributed by atoms with E-state index in [1.807, 2.05) is 6.07 Å². The largest absolute Gasteiger partial charge is 0.289 e. The molecule has 0 aliphatic rings. The Morgan fingerprint density at radius 1 is 1.47 bits per heavy atom. The van der Waals surface area contributed by atoms with Crippen LogP contribution >= 0.6 is 0 Å². The number of hydrogen-bond donors (Lipinski definition) is 1.